The van der Waals surface area contributed by atoms with Crippen molar-refractivity contribution in [2.45, 2.75) is 26.4 Å². The van der Waals surface area contributed by atoms with Gasteiger partial charge in [-0.15, -0.1) is 0 Å². The number of fused-ring (bicyclic) bond motifs is 1. The second kappa shape index (κ2) is 6.52. The highest BCUT2D eigenvalue weighted by Crippen LogP contribution is 2.50. The van der Waals surface area contributed by atoms with E-state index in [4.69, 9.17) is 19.9 Å². The third-order valence-electron chi connectivity index (χ3n) is 4.80. The van der Waals surface area contributed by atoms with E-state index in [2.05, 4.69) is 0 Å². The second-order valence-electron chi connectivity index (χ2n) is 7.05. The number of hydrogen-bond acceptors (Lipinski definition) is 4. The summed E-state index contributed by atoms with van der Waals surface area (Å²) in [4.78, 5) is 11.3. The van der Waals surface area contributed by atoms with Crippen molar-refractivity contribution in [2.24, 2.45) is 11.1 Å². The summed E-state index contributed by atoms with van der Waals surface area (Å²) in [7, 11) is 3.06. The molecule has 5 nitrogen and oxygen atoms in total. The first-order valence-corrected chi connectivity index (χ1v) is 8.28. The SMILES string of the molecule is COc1cccc(OC)c1-c1cc2c(cc1F)C(OC(N)=O)C(C)(C)C2. The zero-order valence-electron chi connectivity index (χ0n) is 15.3. The van der Waals surface area contributed by atoms with Crippen LogP contribution < -0.4 is 15.2 Å². The van der Waals surface area contributed by atoms with Gasteiger partial charge < -0.3 is 19.9 Å². The number of methoxy groups -OCH3 is 2. The minimum absolute atomic E-state index is 0.382. The van der Waals surface area contributed by atoms with Crippen molar-refractivity contribution in [3.8, 4) is 22.6 Å². The maximum Gasteiger partial charge on any atom is 0.405 e. The molecule has 0 heterocycles. The monoisotopic (exact) mass is 359 g/mol. The lowest BCUT2D eigenvalue weighted by atomic mass is 9.87. The lowest BCUT2D eigenvalue weighted by molar-refractivity contribution is 0.0391. The van der Waals surface area contributed by atoms with Crippen molar-refractivity contribution in [2.75, 3.05) is 14.2 Å². The molecule has 138 valence electrons. The summed E-state index contributed by atoms with van der Waals surface area (Å²) >= 11 is 0. The van der Waals surface area contributed by atoms with E-state index in [0.717, 1.165) is 5.56 Å². The van der Waals surface area contributed by atoms with E-state index in [9.17, 15) is 4.79 Å². The summed E-state index contributed by atoms with van der Waals surface area (Å²) < 4.78 is 31.1. The highest BCUT2D eigenvalue weighted by Gasteiger charge is 2.42. The molecule has 0 aromatic heterocycles. The Hall–Kier alpha value is -2.76. The summed E-state index contributed by atoms with van der Waals surface area (Å²) in [6, 6.07) is 8.49. The number of halogens is 1. The first-order chi connectivity index (χ1) is 12.3. The predicted molar refractivity (Wildman–Crippen MR) is 95.8 cm³/mol. The first kappa shape index (κ1) is 18.0. The standard InChI is InChI=1S/C20H22FNO4/c1-20(2)10-11-8-13(14(21)9-12(11)18(20)26-19(22)23)17-15(24-3)6-5-7-16(17)25-4/h5-9,18H,10H2,1-4H3,(H2,22,23). The third-order valence-corrected chi connectivity index (χ3v) is 4.80. The minimum Gasteiger partial charge on any atom is -0.496 e. The molecule has 0 spiro atoms. The molecule has 3 rings (SSSR count). The van der Waals surface area contributed by atoms with Crippen LogP contribution in [-0.2, 0) is 11.2 Å². The van der Waals surface area contributed by atoms with E-state index < -0.39 is 18.0 Å². The maximum atomic E-state index is 15.0. The van der Waals surface area contributed by atoms with Gasteiger partial charge in [-0.3, -0.25) is 0 Å². The van der Waals surface area contributed by atoms with Crippen LogP contribution in [0.15, 0.2) is 30.3 Å². The fraction of sp³-hybridized carbons (Fsp3) is 0.350. The van der Waals surface area contributed by atoms with Crippen LogP contribution in [0.5, 0.6) is 11.5 Å². The predicted octanol–water partition coefficient (Wildman–Crippen LogP) is 4.23. The Morgan fingerprint density at radius 3 is 2.35 bits per heavy atom. The minimum atomic E-state index is -0.869. The number of primary amides is 1. The van der Waals surface area contributed by atoms with Crippen LogP contribution in [-0.4, -0.2) is 20.3 Å². The van der Waals surface area contributed by atoms with Crippen LogP contribution in [0.4, 0.5) is 9.18 Å². The lowest BCUT2D eigenvalue weighted by Crippen LogP contribution is -2.25. The van der Waals surface area contributed by atoms with Gasteiger partial charge in [0.2, 0.25) is 0 Å². The summed E-state index contributed by atoms with van der Waals surface area (Å²) in [6.07, 6.45) is -0.824. The zero-order chi connectivity index (χ0) is 19.1. The number of benzene rings is 2. The topological polar surface area (TPSA) is 70.8 Å². The summed E-state index contributed by atoms with van der Waals surface area (Å²) in [5.41, 5.74) is 7.30. The molecule has 2 N–H and O–H groups in total. The number of carbonyl (C=O) groups excluding carboxylic acids is 1. The number of carbonyl (C=O) groups is 1. The molecule has 1 unspecified atom stereocenters. The van der Waals surface area contributed by atoms with Crippen molar-refractivity contribution in [3.05, 3.63) is 47.3 Å². The summed E-state index contributed by atoms with van der Waals surface area (Å²) in [6.45, 7) is 3.92. The van der Waals surface area contributed by atoms with Gasteiger partial charge in [0.05, 0.1) is 19.8 Å². The van der Waals surface area contributed by atoms with Crippen LogP contribution in [0.2, 0.25) is 0 Å². The summed E-state index contributed by atoms with van der Waals surface area (Å²) in [5.74, 6) is 0.595. The van der Waals surface area contributed by atoms with Gasteiger partial charge in [0.25, 0.3) is 0 Å². The highest BCUT2D eigenvalue weighted by atomic mass is 19.1. The largest absolute Gasteiger partial charge is 0.496 e. The Labute approximate surface area is 151 Å². The molecule has 1 amide bonds. The van der Waals surface area contributed by atoms with Gasteiger partial charge in [-0.05, 0) is 41.8 Å². The average molecular weight is 359 g/mol. The Morgan fingerprint density at radius 1 is 1.19 bits per heavy atom. The second-order valence-corrected chi connectivity index (χ2v) is 7.05. The smallest absolute Gasteiger partial charge is 0.405 e. The number of amides is 1. The number of ether oxygens (including phenoxy) is 3. The molecule has 1 aliphatic carbocycles. The van der Waals surface area contributed by atoms with Gasteiger partial charge in [0.15, 0.2) is 0 Å². The molecule has 2 aromatic carbocycles. The molecule has 26 heavy (non-hydrogen) atoms. The van der Waals surface area contributed by atoms with E-state index in [1.54, 1.807) is 24.3 Å². The number of nitrogens with two attached hydrogens (primary N) is 1. The van der Waals surface area contributed by atoms with E-state index in [-0.39, 0.29) is 5.41 Å². The molecule has 0 bridgehead atoms. The van der Waals surface area contributed by atoms with Gasteiger partial charge in [-0.25, -0.2) is 9.18 Å². The molecule has 2 aromatic rings. The molecular weight excluding hydrogens is 337 g/mol. The zero-order valence-corrected chi connectivity index (χ0v) is 15.3. The molecule has 0 aliphatic heterocycles. The molecule has 0 saturated heterocycles. The van der Waals surface area contributed by atoms with Gasteiger partial charge in [0.1, 0.15) is 23.4 Å². The molecule has 0 fully saturated rings. The third kappa shape index (κ3) is 2.96. The van der Waals surface area contributed by atoms with Crippen molar-refractivity contribution in [1.82, 2.24) is 0 Å². The van der Waals surface area contributed by atoms with Crippen molar-refractivity contribution in [3.63, 3.8) is 0 Å². The van der Waals surface area contributed by atoms with Gasteiger partial charge >= 0.3 is 6.09 Å². The van der Waals surface area contributed by atoms with E-state index in [1.165, 1.54) is 20.3 Å². The van der Waals surface area contributed by atoms with Crippen LogP contribution in [0.25, 0.3) is 11.1 Å². The first-order valence-electron chi connectivity index (χ1n) is 8.28. The van der Waals surface area contributed by atoms with E-state index in [0.29, 0.717) is 34.6 Å². The summed E-state index contributed by atoms with van der Waals surface area (Å²) in [5, 5.41) is 0. The Balaban J connectivity index is 2.17. The molecule has 1 atom stereocenters. The molecule has 6 heteroatoms. The van der Waals surface area contributed by atoms with Crippen LogP contribution >= 0.6 is 0 Å². The van der Waals surface area contributed by atoms with Crippen LogP contribution in [0, 0.1) is 11.2 Å². The Bertz CT molecular complexity index is 841. The molecule has 0 radical (unpaired) electrons. The van der Waals surface area contributed by atoms with E-state index in [1.807, 2.05) is 13.8 Å². The number of rotatable bonds is 4. The van der Waals surface area contributed by atoms with Gasteiger partial charge in [0, 0.05) is 11.0 Å². The molecule has 1 aliphatic rings. The lowest BCUT2D eigenvalue weighted by Gasteiger charge is -2.26. The van der Waals surface area contributed by atoms with Gasteiger partial charge in [-0.1, -0.05) is 19.9 Å². The highest BCUT2D eigenvalue weighted by molar-refractivity contribution is 5.78. The average Bonchev–Trinajstić information content (AvgIpc) is 2.82. The van der Waals surface area contributed by atoms with Crippen molar-refractivity contribution in [1.29, 1.82) is 0 Å². The van der Waals surface area contributed by atoms with E-state index >= 15 is 4.39 Å². The Morgan fingerprint density at radius 2 is 1.81 bits per heavy atom. The van der Waals surface area contributed by atoms with Crippen molar-refractivity contribution < 1.29 is 23.4 Å². The Kier molecular flexibility index (Phi) is 4.52. The normalized spacial score (nSPS) is 17.5. The van der Waals surface area contributed by atoms with Crippen molar-refractivity contribution >= 4 is 6.09 Å². The van der Waals surface area contributed by atoms with Gasteiger partial charge in [-0.2, -0.15) is 0 Å². The fourth-order valence-electron chi connectivity index (χ4n) is 3.68. The molecule has 0 saturated carbocycles. The van der Waals surface area contributed by atoms with Crippen LogP contribution in [0.3, 0.4) is 0 Å². The number of hydrogen-bond donors (Lipinski definition) is 1. The van der Waals surface area contributed by atoms with Crippen LogP contribution in [0.1, 0.15) is 31.1 Å². The maximum absolute atomic E-state index is 15.0. The quantitative estimate of drug-likeness (QED) is 0.887. The fourth-order valence-corrected chi connectivity index (χ4v) is 3.68. The molecular formula is C20H22FNO4.